The summed E-state index contributed by atoms with van der Waals surface area (Å²) in [5, 5.41) is 9.21. The average molecular weight is 290 g/mol. The molecule has 1 N–H and O–H groups in total. The summed E-state index contributed by atoms with van der Waals surface area (Å²) in [6.45, 7) is 1.86. The van der Waals surface area contributed by atoms with Crippen molar-refractivity contribution < 1.29 is 19.4 Å². The first-order valence-electron chi connectivity index (χ1n) is 7.16. The van der Waals surface area contributed by atoms with Gasteiger partial charge in [-0.05, 0) is 18.9 Å². The summed E-state index contributed by atoms with van der Waals surface area (Å²) >= 11 is 0. The second-order valence-corrected chi connectivity index (χ2v) is 5.35. The minimum absolute atomic E-state index is 0.208. The molecule has 1 aromatic carbocycles. The lowest BCUT2D eigenvalue weighted by Gasteiger charge is -2.29. The van der Waals surface area contributed by atoms with E-state index < -0.39 is 12.0 Å². The highest BCUT2D eigenvalue weighted by atomic mass is 16.5. The summed E-state index contributed by atoms with van der Waals surface area (Å²) in [5.74, 6) is -0.128. The molecule has 112 valence electrons. The fraction of sp³-hybridized carbons (Fsp3) is 0.467. The molecular formula is C15H18N2O4. The Morgan fingerprint density at radius 1 is 1.24 bits per heavy atom. The van der Waals surface area contributed by atoms with Crippen LogP contribution in [0.2, 0.25) is 0 Å². The van der Waals surface area contributed by atoms with Gasteiger partial charge in [-0.2, -0.15) is 0 Å². The van der Waals surface area contributed by atoms with Crippen molar-refractivity contribution in [3.63, 3.8) is 0 Å². The molecule has 1 aromatic rings. The van der Waals surface area contributed by atoms with E-state index in [1.54, 1.807) is 4.90 Å². The zero-order valence-corrected chi connectivity index (χ0v) is 11.7. The van der Waals surface area contributed by atoms with E-state index in [9.17, 15) is 14.7 Å². The number of amides is 2. The summed E-state index contributed by atoms with van der Waals surface area (Å²) in [4.78, 5) is 27.0. The Kier molecular flexibility index (Phi) is 3.68. The Balaban J connectivity index is 1.77. The number of carboxylic acids is 1. The molecule has 6 heteroatoms. The first-order chi connectivity index (χ1) is 10.2. The highest BCUT2D eigenvalue weighted by Crippen LogP contribution is 2.25. The van der Waals surface area contributed by atoms with E-state index in [1.165, 1.54) is 4.90 Å². The molecule has 2 heterocycles. The number of para-hydroxylation sites is 1. The fourth-order valence-corrected chi connectivity index (χ4v) is 2.92. The molecule has 0 spiro atoms. The van der Waals surface area contributed by atoms with Crippen LogP contribution < -0.4 is 4.74 Å². The molecule has 2 aliphatic rings. The van der Waals surface area contributed by atoms with Gasteiger partial charge in [0.15, 0.2) is 0 Å². The van der Waals surface area contributed by atoms with Gasteiger partial charge in [0.1, 0.15) is 18.4 Å². The quantitative estimate of drug-likeness (QED) is 0.852. The van der Waals surface area contributed by atoms with Crippen molar-refractivity contribution >= 4 is 12.0 Å². The molecule has 6 nitrogen and oxygen atoms in total. The highest BCUT2D eigenvalue weighted by Gasteiger charge is 2.36. The Morgan fingerprint density at radius 3 is 2.86 bits per heavy atom. The van der Waals surface area contributed by atoms with Gasteiger partial charge in [0.25, 0.3) is 0 Å². The summed E-state index contributed by atoms with van der Waals surface area (Å²) in [5.41, 5.74) is 0.953. The second kappa shape index (κ2) is 5.63. The lowest BCUT2D eigenvalue weighted by Crippen LogP contribution is -2.48. The monoisotopic (exact) mass is 290 g/mol. The van der Waals surface area contributed by atoms with Gasteiger partial charge in [0, 0.05) is 12.1 Å². The van der Waals surface area contributed by atoms with Crippen LogP contribution in [0.4, 0.5) is 4.79 Å². The van der Waals surface area contributed by atoms with Gasteiger partial charge in [0.05, 0.1) is 13.1 Å². The third-order valence-electron chi connectivity index (χ3n) is 4.01. The van der Waals surface area contributed by atoms with Crippen LogP contribution in [0.15, 0.2) is 24.3 Å². The lowest BCUT2D eigenvalue weighted by atomic mass is 10.2. The van der Waals surface area contributed by atoms with Gasteiger partial charge < -0.3 is 19.6 Å². The molecule has 0 radical (unpaired) electrons. The van der Waals surface area contributed by atoms with E-state index in [0.717, 1.165) is 17.7 Å². The number of hydrogen-bond donors (Lipinski definition) is 1. The number of benzene rings is 1. The number of urea groups is 1. The van der Waals surface area contributed by atoms with Crippen LogP contribution >= 0.6 is 0 Å². The minimum Gasteiger partial charge on any atom is -0.491 e. The second-order valence-electron chi connectivity index (χ2n) is 5.35. The number of carbonyl (C=O) groups is 2. The molecule has 2 amide bonds. The number of likely N-dealkylation sites (tertiary alicyclic amines) is 1. The van der Waals surface area contributed by atoms with Gasteiger partial charge in [-0.3, -0.25) is 0 Å². The zero-order valence-electron chi connectivity index (χ0n) is 11.7. The number of hydrogen-bond acceptors (Lipinski definition) is 3. The van der Waals surface area contributed by atoms with Gasteiger partial charge >= 0.3 is 12.0 Å². The number of fused-ring (bicyclic) bond motifs is 1. The van der Waals surface area contributed by atoms with Crippen LogP contribution in [-0.2, 0) is 11.3 Å². The highest BCUT2D eigenvalue weighted by molar-refractivity contribution is 5.83. The van der Waals surface area contributed by atoms with Crippen LogP contribution in [0.1, 0.15) is 18.4 Å². The molecule has 0 bridgehead atoms. The van der Waals surface area contributed by atoms with Crippen molar-refractivity contribution in [2.24, 2.45) is 0 Å². The van der Waals surface area contributed by atoms with E-state index >= 15 is 0 Å². The smallest absolute Gasteiger partial charge is 0.326 e. The summed E-state index contributed by atoms with van der Waals surface area (Å²) in [6.07, 6.45) is 1.27. The van der Waals surface area contributed by atoms with Crippen molar-refractivity contribution in [3.05, 3.63) is 29.8 Å². The molecule has 1 fully saturated rings. The normalized spacial score (nSPS) is 21.4. The number of ether oxygens (including phenoxy) is 1. The first kappa shape index (κ1) is 13.7. The van der Waals surface area contributed by atoms with Gasteiger partial charge in [-0.25, -0.2) is 9.59 Å². The molecule has 0 aromatic heterocycles. The van der Waals surface area contributed by atoms with E-state index in [4.69, 9.17) is 4.74 Å². The van der Waals surface area contributed by atoms with Crippen molar-refractivity contribution in [1.82, 2.24) is 9.80 Å². The standard InChI is InChI=1S/C15H18N2O4/c18-14(19)12-5-3-7-17(12)15(20)16-8-9-21-13-6-2-1-4-11(13)10-16/h1-2,4,6,12H,3,5,7-10H2,(H,18,19). The molecule has 21 heavy (non-hydrogen) atoms. The Labute approximate surface area is 122 Å². The summed E-state index contributed by atoms with van der Waals surface area (Å²) < 4.78 is 5.64. The predicted molar refractivity (Wildman–Crippen MR) is 75.1 cm³/mol. The topological polar surface area (TPSA) is 70.1 Å². The van der Waals surface area contributed by atoms with Gasteiger partial charge in [-0.1, -0.05) is 18.2 Å². The molecule has 1 saturated heterocycles. The van der Waals surface area contributed by atoms with E-state index in [2.05, 4.69) is 0 Å². The van der Waals surface area contributed by atoms with Crippen LogP contribution in [-0.4, -0.2) is 52.6 Å². The molecule has 1 atom stereocenters. The van der Waals surface area contributed by atoms with E-state index in [0.29, 0.717) is 32.7 Å². The van der Waals surface area contributed by atoms with Gasteiger partial charge in [0.2, 0.25) is 0 Å². The van der Waals surface area contributed by atoms with Crippen molar-refractivity contribution in [3.8, 4) is 5.75 Å². The van der Waals surface area contributed by atoms with Crippen LogP contribution in [0.5, 0.6) is 5.75 Å². The fourth-order valence-electron chi connectivity index (χ4n) is 2.92. The van der Waals surface area contributed by atoms with Gasteiger partial charge in [-0.15, -0.1) is 0 Å². The van der Waals surface area contributed by atoms with Crippen LogP contribution in [0.3, 0.4) is 0 Å². The maximum atomic E-state index is 12.6. The van der Waals surface area contributed by atoms with E-state index in [-0.39, 0.29) is 6.03 Å². The lowest BCUT2D eigenvalue weighted by molar-refractivity contribution is -0.141. The number of rotatable bonds is 1. The van der Waals surface area contributed by atoms with Crippen LogP contribution in [0, 0.1) is 0 Å². The van der Waals surface area contributed by atoms with Crippen molar-refractivity contribution in [2.45, 2.75) is 25.4 Å². The largest absolute Gasteiger partial charge is 0.491 e. The zero-order chi connectivity index (χ0) is 14.8. The molecule has 3 rings (SSSR count). The molecule has 2 aliphatic heterocycles. The Hall–Kier alpha value is -2.24. The van der Waals surface area contributed by atoms with Crippen molar-refractivity contribution in [2.75, 3.05) is 19.7 Å². The van der Waals surface area contributed by atoms with Crippen molar-refractivity contribution in [1.29, 1.82) is 0 Å². The molecule has 0 saturated carbocycles. The molecule has 0 aliphatic carbocycles. The predicted octanol–water partition coefficient (Wildman–Crippen LogP) is 1.55. The Bertz CT molecular complexity index is 560. The number of carbonyl (C=O) groups excluding carboxylic acids is 1. The SMILES string of the molecule is O=C(O)C1CCCN1C(=O)N1CCOc2ccccc2C1. The minimum atomic E-state index is -0.924. The average Bonchev–Trinajstić information content (AvgIpc) is 2.87. The third-order valence-corrected chi connectivity index (χ3v) is 4.01. The maximum absolute atomic E-state index is 12.6. The maximum Gasteiger partial charge on any atom is 0.326 e. The Morgan fingerprint density at radius 2 is 2.05 bits per heavy atom. The summed E-state index contributed by atoms with van der Waals surface area (Å²) in [7, 11) is 0. The third kappa shape index (κ3) is 2.66. The molecular weight excluding hydrogens is 272 g/mol. The summed E-state index contributed by atoms with van der Waals surface area (Å²) in [6, 6.07) is 6.72. The van der Waals surface area contributed by atoms with E-state index in [1.807, 2.05) is 24.3 Å². The number of nitrogens with zero attached hydrogens (tertiary/aromatic N) is 2. The number of aliphatic carboxylic acids is 1. The first-order valence-corrected chi connectivity index (χ1v) is 7.16. The molecule has 1 unspecified atom stereocenters. The number of carboxylic acid groups (broad SMARTS) is 1. The van der Waals surface area contributed by atoms with Crippen LogP contribution in [0.25, 0.3) is 0 Å².